The molecule has 6 heteroatoms. The second-order valence-electron chi connectivity index (χ2n) is 5.20. The summed E-state index contributed by atoms with van der Waals surface area (Å²) in [5.74, 6) is -0.415. The highest BCUT2D eigenvalue weighted by Crippen LogP contribution is 2.15. The van der Waals surface area contributed by atoms with Crippen LogP contribution in [0, 0.1) is 0 Å². The SMILES string of the molecule is COCCOCCN(Cc1ccccc1)c1cccc(C(=O)O)n1. The van der Waals surface area contributed by atoms with E-state index in [2.05, 4.69) is 4.98 Å². The summed E-state index contributed by atoms with van der Waals surface area (Å²) in [6.45, 7) is 2.82. The number of hydrogen-bond donors (Lipinski definition) is 1. The Kier molecular flexibility index (Phi) is 7.20. The van der Waals surface area contributed by atoms with Gasteiger partial charge in [-0.15, -0.1) is 0 Å². The minimum absolute atomic E-state index is 0.0332. The number of carbonyl (C=O) groups is 1. The lowest BCUT2D eigenvalue weighted by molar-refractivity contribution is 0.0690. The molecule has 0 aliphatic rings. The summed E-state index contributed by atoms with van der Waals surface area (Å²) < 4.78 is 10.5. The number of carboxylic acids is 1. The van der Waals surface area contributed by atoms with Crippen molar-refractivity contribution in [3.05, 3.63) is 59.8 Å². The molecule has 1 heterocycles. The Morgan fingerprint density at radius 3 is 2.58 bits per heavy atom. The van der Waals surface area contributed by atoms with E-state index in [1.807, 2.05) is 41.3 Å². The molecule has 2 rings (SSSR count). The van der Waals surface area contributed by atoms with Crippen LogP contribution >= 0.6 is 0 Å². The molecular weight excluding hydrogens is 308 g/mol. The number of nitrogens with zero attached hydrogens (tertiary/aromatic N) is 2. The molecule has 1 aromatic heterocycles. The van der Waals surface area contributed by atoms with Gasteiger partial charge in [0.05, 0.1) is 19.8 Å². The van der Waals surface area contributed by atoms with Gasteiger partial charge in [0.15, 0.2) is 5.69 Å². The monoisotopic (exact) mass is 330 g/mol. The summed E-state index contributed by atoms with van der Waals surface area (Å²) in [5.41, 5.74) is 1.16. The molecule has 0 aliphatic heterocycles. The van der Waals surface area contributed by atoms with E-state index >= 15 is 0 Å². The zero-order valence-electron chi connectivity index (χ0n) is 13.7. The maximum atomic E-state index is 11.1. The maximum Gasteiger partial charge on any atom is 0.354 e. The molecule has 0 saturated heterocycles. The molecular formula is C18H22N2O4. The Morgan fingerprint density at radius 1 is 1.08 bits per heavy atom. The Labute approximate surface area is 141 Å². The summed E-state index contributed by atoms with van der Waals surface area (Å²) >= 11 is 0. The van der Waals surface area contributed by atoms with Crippen LogP contribution in [0.4, 0.5) is 5.82 Å². The fourth-order valence-corrected chi connectivity index (χ4v) is 2.22. The molecule has 6 nitrogen and oxygen atoms in total. The summed E-state index contributed by atoms with van der Waals surface area (Å²) in [5, 5.41) is 9.13. The maximum absolute atomic E-state index is 11.1. The predicted octanol–water partition coefficient (Wildman–Crippen LogP) is 2.45. The van der Waals surface area contributed by atoms with Crippen LogP contribution in [0.2, 0.25) is 0 Å². The second kappa shape index (κ2) is 9.64. The number of methoxy groups -OCH3 is 1. The van der Waals surface area contributed by atoms with E-state index in [9.17, 15) is 4.79 Å². The van der Waals surface area contributed by atoms with E-state index in [-0.39, 0.29) is 5.69 Å². The fraction of sp³-hybridized carbons (Fsp3) is 0.333. The van der Waals surface area contributed by atoms with E-state index in [4.69, 9.17) is 14.6 Å². The Bertz CT molecular complexity index is 634. The number of benzene rings is 1. The van der Waals surface area contributed by atoms with E-state index in [1.54, 1.807) is 13.2 Å². The molecule has 0 fully saturated rings. The smallest absolute Gasteiger partial charge is 0.354 e. The fourth-order valence-electron chi connectivity index (χ4n) is 2.22. The molecule has 1 N–H and O–H groups in total. The molecule has 0 atom stereocenters. The number of hydrogen-bond acceptors (Lipinski definition) is 5. The van der Waals surface area contributed by atoms with Crippen LogP contribution in [0.25, 0.3) is 0 Å². The van der Waals surface area contributed by atoms with E-state index in [0.29, 0.717) is 38.7 Å². The van der Waals surface area contributed by atoms with E-state index in [0.717, 1.165) is 5.56 Å². The van der Waals surface area contributed by atoms with Gasteiger partial charge >= 0.3 is 5.97 Å². The van der Waals surface area contributed by atoms with Gasteiger partial charge in [-0.3, -0.25) is 0 Å². The van der Waals surface area contributed by atoms with Gasteiger partial charge in [-0.1, -0.05) is 36.4 Å². The number of rotatable bonds is 10. The van der Waals surface area contributed by atoms with Crippen molar-refractivity contribution in [3.8, 4) is 0 Å². The molecule has 1 aromatic carbocycles. The summed E-state index contributed by atoms with van der Waals surface area (Å²) in [6, 6.07) is 15.0. The number of anilines is 1. The van der Waals surface area contributed by atoms with Gasteiger partial charge < -0.3 is 19.5 Å². The van der Waals surface area contributed by atoms with Crippen molar-refractivity contribution in [1.82, 2.24) is 4.98 Å². The van der Waals surface area contributed by atoms with Crippen molar-refractivity contribution in [2.75, 3.05) is 38.4 Å². The molecule has 0 saturated carbocycles. The number of aromatic carboxylic acids is 1. The predicted molar refractivity (Wildman–Crippen MR) is 91.4 cm³/mol. The van der Waals surface area contributed by atoms with Gasteiger partial charge in [0.25, 0.3) is 0 Å². The third kappa shape index (κ3) is 5.64. The molecule has 0 spiro atoms. The number of carboxylic acid groups (broad SMARTS) is 1. The van der Waals surface area contributed by atoms with Crippen LogP contribution in [-0.2, 0) is 16.0 Å². The van der Waals surface area contributed by atoms with Gasteiger partial charge in [0, 0.05) is 20.2 Å². The summed E-state index contributed by atoms with van der Waals surface area (Å²) in [4.78, 5) is 17.4. The van der Waals surface area contributed by atoms with Crippen LogP contribution < -0.4 is 4.90 Å². The van der Waals surface area contributed by atoms with Crippen molar-refractivity contribution in [1.29, 1.82) is 0 Å². The van der Waals surface area contributed by atoms with Crippen LogP contribution in [0.3, 0.4) is 0 Å². The lowest BCUT2D eigenvalue weighted by atomic mass is 10.2. The molecule has 0 radical (unpaired) electrons. The van der Waals surface area contributed by atoms with Crippen molar-refractivity contribution in [2.45, 2.75) is 6.54 Å². The van der Waals surface area contributed by atoms with Gasteiger partial charge in [0.2, 0.25) is 0 Å². The Hall–Kier alpha value is -2.44. The van der Waals surface area contributed by atoms with Crippen molar-refractivity contribution >= 4 is 11.8 Å². The Morgan fingerprint density at radius 2 is 1.88 bits per heavy atom. The molecule has 0 aliphatic carbocycles. The molecule has 128 valence electrons. The molecule has 0 bridgehead atoms. The minimum Gasteiger partial charge on any atom is -0.477 e. The van der Waals surface area contributed by atoms with Gasteiger partial charge in [-0.05, 0) is 17.7 Å². The zero-order valence-corrected chi connectivity index (χ0v) is 13.7. The van der Waals surface area contributed by atoms with Gasteiger partial charge in [0.1, 0.15) is 5.82 Å². The lowest BCUT2D eigenvalue weighted by Crippen LogP contribution is -2.28. The average Bonchev–Trinajstić information content (AvgIpc) is 2.61. The highest BCUT2D eigenvalue weighted by atomic mass is 16.5. The molecule has 24 heavy (non-hydrogen) atoms. The van der Waals surface area contributed by atoms with Gasteiger partial charge in [-0.2, -0.15) is 0 Å². The first-order chi connectivity index (χ1) is 11.7. The number of pyridine rings is 1. The largest absolute Gasteiger partial charge is 0.477 e. The standard InChI is InChI=1S/C18H22N2O4/c1-23-12-13-24-11-10-20(14-15-6-3-2-4-7-15)17-9-5-8-16(19-17)18(21)22/h2-9H,10-14H2,1H3,(H,21,22). The normalized spacial score (nSPS) is 10.5. The quantitative estimate of drug-likeness (QED) is 0.675. The lowest BCUT2D eigenvalue weighted by Gasteiger charge is -2.24. The molecule has 0 unspecified atom stereocenters. The summed E-state index contributed by atoms with van der Waals surface area (Å²) in [7, 11) is 1.63. The van der Waals surface area contributed by atoms with Crippen molar-refractivity contribution in [3.63, 3.8) is 0 Å². The minimum atomic E-state index is -1.03. The number of ether oxygens (including phenoxy) is 2. The third-order valence-corrected chi connectivity index (χ3v) is 3.43. The highest BCUT2D eigenvalue weighted by Gasteiger charge is 2.12. The van der Waals surface area contributed by atoms with Crippen molar-refractivity contribution in [2.24, 2.45) is 0 Å². The first-order valence-electron chi connectivity index (χ1n) is 7.76. The molecule has 2 aromatic rings. The molecule has 0 amide bonds. The van der Waals surface area contributed by atoms with E-state index in [1.165, 1.54) is 6.07 Å². The number of aromatic nitrogens is 1. The topological polar surface area (TPSA) is 71.9 Å². The highest BCUT2D eigenvalue weighted by molar-refractivity contribution is 5.85. The van der Waals surface area contributed by atoms with Crippen LogP contribution in [0.15, 0.2) is 48.5 Å². The van der Waals surface area contributed by atoms with E-state index < -0.39 is 5.97 Å². The second-order valence-corrected chi connectivity index (χ2v) is 5.20. The van der Waals surface area contributed by atoms with Crippen LogP contribution in [-0.4, -0.2) is 49.5 Å². The van der Waals surface area contributed by atoms with Crippen LogP contribution in [0.5, 0.6) is 0 Å². The first kappa shape index (κ1) is 17.9. The average molecular weight is 330 g/mol. The summed E-state index contributed by atoms with van der Waals surface area (Å²) in [6.07, 6.45) is 0. The Balaban J connectivity index is 2.09. The van der Waals surface area contributed by atoms with Crippen molar-refractivity contribution < 1.29 is 19.4 Å². The third-order valence-electron chi connectivity index (χ3n) is 3.43. The van der Waals surface area contributed by atoms with Crippen LogP contribution in [0.1, 0.15) is 16.1 Å². The first-order valence-corrected chi connectivity index (χ1v) is 7.76. The zero-order chi connectivity index (χ0) is 17.2. The van der Waals surface area contributed by atoms with Gasteiger partial charge in [-0.25, -0.2) is 9.78 Å².